The second kappa shape index (κ2) is 8.16. The van der Waals surface area contributed by atoms with Gasteiger partial charge in [-0.2, -0.15) is 14.9 Å². The fourth-order valence-corrected chi connectivity index (χ4v) is 2.76. The molecule has 0 bridgehead atoms. The van der Waals surface area contributed by atoms with Crippen LogP contribution in [0.25, 0.3) is 0 Å². The molecular formula is C18H17ClN4O2S. The first kappa shape index (κ1) is 18.2. The molecule has 3 rings (SSSR count). The lowest BCUT2D eigenvalue weighted by molar-refractivity contribution is 0.297. The summed E-state index contributed by atoms with van der Waals surface area (Å²) in [5.41, 5.74) is 2.84. The number of aryl methyl sites for hydroxylation is 1. The minimum Gasteiger partial charge on any atom is -0.496 e. The Kier molecular flexibility index (Phi) is 5.70. The molecule has 0 amide bonds. The van der Waals surface area contributed by atoms with Crippen LogP contribution in [0.3, 0.4) is 0 Å². The lowest BCUT2D eigenvalue weighted by Gasteiger charge is -2.12. The van der Waals surface area contributed by atoms with Gasteiger partial charge in [-0.3, -0.25) is 5.10 Å². The predicted octanol–water partition coefficient (Wildman–Crippen LogP) is 4.37. The highest BCUT2D eigenvalue weighted by Crippen LogP contribution is 2.27. The maximum atomic E-state index is 6.22. The van der Waals surface area contributed by atoms with E-state index in [1.54, 1.807) is 13.3 Å². The molecule has 1 aromatic heterocycles. The molecule has 134 valence electrons. The highest BCUT2D eigenvalue weighted by Gasteiger charge is 2.07. The van der Waals surface area contributed by atoms with Gasteiger partial charge in [-0.25, -0.2) is 0 Å². The van der Waals surface area contributed by atoms with Crippen molar-refractivity contribution in [2.75, 3.05) is 7.11 Å². The zero-order chi connectivity index (χ0) is 18.5. The van der Waals surface area contributed by atoms with Gasteiger partial charge >= 0.3 is 0 Å². The van der Waals surface area contributed by atoms with E-state index in [0.29, 0.717) is 22.2 Å². The third-order valence-corrected chi connectivity index (χ3v) is 4.22. The minimum atomic E-state index is 0.318. The Labute approximate surface area is 161 Å². The Hall–Kier alpha value is -2.64. The smallest absolute Gasteiger partial charge is 0.216 e. The van der Waals surface area contributed by atoms with Crippen molar-refractivity contribution in [1.82, 2.24) is 14.9 Å². The molecule has 0 radical (unpaired) electrons. The number of methoxy groups -OCH3 is 1. The van der Waals surface area contributed by atoms with Crippen LogP contribution in [0.2, 0.25) is 5.02 Å². The van der Waals surface area contributed by atoms with Gasteiger partial charge in [-0.05, 0) is 60.6 Å². The van der Waals surface area contributed by atoms with E-state index in [1.165, 1.54) is 11.0 Å². The highest BCUT2D eigenvalue weighted by atomic mass is 35.5. The van der Waals surface area contributed by atoms with E-state index in [-0.39, 0.29) is 0 Å². The van der Waals surface area contributed by atoms with Crippen molar-refractivity contribution in [2.24, 2.45) is 5.10 Å². The standard InChI is InChI=1S/C18H17ClN4O2S/c1-12-3-5-17(15(19)7-12)25-10-14-8-13(4-6-16(14)24-2)9-21-23-11-20-22-18(23)26/h3-9,11H,10H2,1-2H3,(H,22,26)/b21-9-. The van der Waals surface area contributed by atoms with E-state index >= 15 is 0 Å². The van der Waals surface area contributed by atoms with E-state index in [0.717, 1.165) is 22.4 Å². The van der Waals surface area contributed by atoms with Gasteiger partial charge in [0.25, 0.3) is 0 Å². The number of benzene rings is 2. The Morgan fingerprint density at radius 2 is 2.08 bits per heavy atom. The van der Waals surface area contributed by atoms with Gasteiger partial charge in [0.2, 0.25) is 4.77 Å². The first-order chi connectivity index (χ1) is 12.6. The van der Waals surface area contributed by atoms with E-state index < -0.39 is 0 Å². The summed E-state index contributed by atoms with van der Waals surface area (Å²) in [6.07, 6.45) is 3.19. The molecule has 0 aliphatic rings. The molecule has 0 spiro atoms. The number of aromatic amines is 1. The maximum absolute atomic E-state index is 6.22. The molecule has 8 heteroatoms. The Morgan fingerprint density at radius 3 is 2.77 bits per heavy atom. The third-order valence-electron chi connectivity index (χ3n) is 3.64. The Morgan fingerprint density at radius 1 is 1.27 bits per heavy atom. The van der Waals surface area contributed by atoms with E-state index in [4.69, 9.17) is 33.3 Å². The van der Waals surface area contributed by atoms with Gasteiger partial charge in [0, 0.05) is 5.56 Å². The Balaban J connectivity index is 1.80. The van der Waals surface area contributed by atoms with Crippen LogP contribution >= 0.6 is 23.8 Å². The number of hydrogen-bond donors (Lipinski definition) is 1. The van der Waals surface area contributed by atoms with Gasteiger partial charge in [0.1, 0.15) is 24.4 Å². The zero-order valence-electron chi connectivity index (χ0n) is 14.3. The van der Waals surface area contributed by atoms with Crippen molar-refractivity contribution in [2.45, 2.75) is 13.5 Å². The number of ether oxygens (including phenoxy) is 2. The monoisotopic (exact) mass is 388 g/mol. The zero-order valence-corrected chi connectivity index (χ0v) is 15.8. The van der Waals surface area contributed by atoms with Crippen LogP contribution in [0.1, 0.15) is 16.7 Å². The number of halogens is 1. The quantitative estimate of drug-likeness (QED) is 0.503. The second-order valence-electron chi connectivity index (χ2n) is 5.54. The first-order valence-electron chi connectivity index (χ1n) is 7.79. The average Bonchev–Trinajstić information content (AvgIpc) is 3.04. The summed E-state index contributed by atoms with van der Waals surface area (Å²) in [5, 5.41) is 11.3. The number of H-pyrrole nitrogens is 1. The second-order valence-corrected chi connectivity index (χ2v) is 6.34. The molecule has 0 unspecified atom stereocenters. The molecule has 6 nitrogen and oxygen atoms in total. The summed E-state index contributed by atoms with van der Waals surface area (Å²) in [7, 11) is 1.62. The number of nitrogens with zero attached hydrogens (tertiary/aromatic N) is 3. The van der Waals surface area contributed by atoms with Gasteiger partial charge in [-0.1, -0.05) is 17.7 Å². The summed E-state index contributed by atoms with van der Waals surface area (Å²) in [6.45, 7) is 2.30. The molecule has 0 aliphatic carbocycles. The van der Waals surface area contributed by atoms with Gasteiger partial charge in [-0.15, -0.1) is 0 Å². The lowest BCUT2D eigenvalue weighted by atomic mass is 10.1. The number of nitrogens with one attached hydrogen (secondary N) is 1. The summed E-state index contributed by atoms with van der Waals surface area (Å²) in [5.74, 6) is 1.35. The molecule has 0 aliphatic heterocycles. The van der Waals surface area contributed by atoms with Crippen molar-refractivity contribution < 1.29 is 9.47 Å². The Bertz CT molecular complexity index is 997. The normalized spacial score (nSPS) is 11.0. The van der Waals surface area contributed by atoms with E-state index in [9.17, 15) is 0 Å². The third kappa shape index (κ3) is 4.30. The molecule has 0 saturated carbocycles. The molecule has 0 saturated heterocycles. The van der Waals surface area contributed by atoms with Crippen LogP contribution < -0.4 is 9.47 Å². The van der Waals surface area contributed by atoms with E-state index in [2.05, 4.69) is 15.3 Å². The number of aromatic nitrogens is 3. The van der Waals surface area contributed by atoms with Crippen LogP contribution in [0, 0.1) is 11.7 Å². The minimum absolute atomic E-state index is 0.318. The molecular weight excluding hydrogens is 372 g/mol. The summed E-state index contributed by atoms with van der Waals surface area (Å²) in [6, 6.07) is 11.4. The fourth-order valence-electron chi connectivity index (χ4n) is 2.32. The van der Waals surface area contributed by atoms with Crippen molar-refractivity contribution in [1.29, 1.82) is 0 Å². The van der Waals surface area contributed by atoms with Crippen LogP contribution in [0.4, 0.5) is 0 Å². The summed E-state index contributed by atoms with van der Waals surface area (Å²) in [4.78, 5) is 0. The average molecular weight is 389 g/mol. The first-order valence-corrected chi connectivity index (χ1v) is 8.57. The van der Waals surface area contributed by atoms with Crippen LogP contribution in [0.5, 0.6) is 11.5 Å². The van der Waals surface area contributed by atoms with Crippen LogP contribution in [-0.4, -0.2) is 28.2 Å². The molecule has 0 fully saturated rings. The molecule has 26 heavy (non-hydrogen) atoms. The summed E-state index contributed by atoms with van der Waals surface area (Å²) >= 11 is 11.3. The molecule has 1 heterocycles. The van der Waals surface area contributed by atoms with Crippen molar-refractivity contribution >= 4 is 30.0 Å². The predicted molar refractivity (Wildman–Crippen MR) is 104 cm³/mol. The molecule has 2 aromatic carbocycles. The maximum Gasteiger partial charge on any atom is 0.216 e. The SMILES string of the molecule is COc1ccc(/C=N\n2cn[nH]c2=S)cc1COc1ccc(C)cc1Cl. The topological polar surface area (TPSA) is 64.4 Å². The summed E-state index contributed by atoms with van der Waals surface area (Å²) < 4.78 is 13.2. The van der Waals surface area contributed by atoms with E-state index in [1.807, 2.05) is 43.3 Å². The van der Waals surface area contributed by atoms with Crippen LogP contribution in [-0.2, 0) is 6.61 Å². The number of rotatable bonds is 6. The molecule has 1 N–H and O–H groups in total. The number of hydrogen-bond acceptors (Lipinski definition) is 5. The largest absolute Gasteiger partial charge is 0.496 e. The van der Waals surface area contributed by atoms with Gasteiger partial charge in [0.15, 0.2) is 0 Å². The van der Waals surface area contributed by atoms with Crippen LogP contribution in [0.15, 0.2) is 47.8 Å². The van der Waals surface area contributed by atoms with Crippen molar-refractivity contribution in [3.63, 3.8) is 0 Å². The highest BCUT2D eigenvalue weighted by molar-refractivity contribution is 7.71. The van der Waals surface area contributed by atoms with Crippen molar-refractivity contribution in [3.05, 3.63) is 69.2 Å². The van der Waals surface area contributed by atoms with Gasteiger partial charge < -0.3 is 9.47 Å². The molecule has 3 aromatic rings. The lowest BCUT2D eigenvalue weighted by Crippen LogP contribution is -2.01. The fraction of sp³-hybridized carbons (Fsp3) is 0.167. The van der Waals surface area contributed by atoms with Gasteiger partial charge in [0.05, 0.1) is 18.3 Å². The van der Waals surface area contributed by atoms with Crippen molar-refractivity contribution in [3.8, 4) is 11.5 Å². The molecule has 0 atom stereocenters.